The van der Waals surface area contributed by atoms with Crippen molar-refractivity contribution in [3.8, 4) is 0 Å². The molecule has 0 saturated carbocycles. The Morgan fingerprint density at radius 2 is 2.43 bits per heavy atom. The fourth-order valence-corrected chi connectivity index (χ4v) is 1.57. The summed E-state index contributed by atoms with van der Waals surface area (Å²) in [7, 11) is 1.67. The van der Waals surface area contributed by atoms with Crippen LogP contribution in [0.2, 0.25) is 5.02 Å². The molecule has 0 bridgehead atoms. The Hall–Kier alpha value is -0.320. The van der Waals surface area contributed by atoms with Gasteiger partial charge in [-0.25, -0.2) is 4.98 Å². The summed E-state index contributed by atoms with van der Waals surface area (Å²) in [6, 6.07) is 2.04. The summed E-state index contributed by atoms with van der Waals surface area (Å²) < 4.78 is 5.77. The molecule has 0 spiro atoms. The van der Waals surface area contributed by atoms with Crippen LogP contribution in [0, 0.1) is 0 Å². The number of halogens is 2. The highest BCUT2D eigenvalue weighted by molar-refractivity contribution is 9.10. The minimum absolute atomic E-state index is 0.219. The SMILES string of the molecule is COCC(C)Nc1cc(Cl)cnc1Br. The summed E-state index contributed by atoms with van der Waals surface area (Å²) in [5, 5.41) is 3.84. The summed E-state index contributed by atoms with van der Waals surface area (Å²) in [5.74, 6) is 0. The lowest BCUT2D eigenvalue weighted by Gasteiger charge is -2.14. The zero-order valence-corrected chi connectivity index (χ0v) is 10.4. The lowest BCUT2D eigenvalue weighted by molar-refractivity contribution is 0.190. The normalized spacial score (nSPS) is 12.6. The molecule has 1 heterocycles. The highest BCUT2D eigenvalue weighted by atomic mass is 79.9. The molecule has 78 valence electrons. The third kappa shape index (κ3) is 3.44. The zero-order chi connectivity index (χ0) is 10.6. The molecule has 0 aromatic carbocycles. The topological polar surface area (TPSA) is 34.1 Å². The molecule has 5 heteroatoms. The Kier molecular flexibility index (Phi) is 4.65. The molecule has 0 amide bonds. The van der Waals surface area contributed by atoms with Crippen LogP contribution in [0.5, 0.6) is 0 Å². The van der Waals surface area contributed by atoms with Crippen LogP contribution < -0.4 is 5.32 Å². The monoisotopic (exact) mass is 278 g/mol. The third-order valence-corrected chi connectivity index (χ3v) is 2.46. The number of nitrogens with zero attached hydrogens (tertiary/aromatic N) is 1. The molecule has 0 radical (unpaired) electrons. The Morgan fingerprint density at radius 3 is 3.07 bits per heavy atom. The number of hydrogen-bond donors (Lipinski definition) is 1. The van der Waals surface area contributed by atoms with Crippen molar-refractivity contribution >= 4 is 33.2 Å². The zero-order valence-electron chi connectivity index (χ0n) is 8.05. The van der Waals surface area contributed by atoms with Crippen LogP contribution in [0.15, 0.2) is 16.9 Å². The Morgan fingerprint density at radius 1 is 1.71 bits per heavy atom. The molecule has 0 aliphatic carbocycles. The summed E-state index contributed by atoms with van der Waals surface area (Å²) in [4.78, 5) is 4.07. The van der Waals surface area contributed by atoms with Crippen molar-refractivity contribution in [1.29, 1.82) is 0 Å². The average molecular weight is 280 g/mol. The van der Waals surface area contributed by atoms with E-state index in [1.807, 2.05) is 13.0 Å². The molecule has 1 atom stereocenters. The van der Waals surface area contributed by atoms with Gasteiger partial charge in [-0.05, 0) is 28.9 Å². The number of anilines is 1. The first-order valence-electron chi connectivity index (χ1n) is 4.20. The second-order valence-corrected chi connectivity index (χ2v) is 4.18. The van der Waals surface area contributed by atoms with Crippen molar-refractivity contribution in [2.45, 2.75) is 13.0 Å². The molecule has 0 fully saturated rings. The molecule has 1 N–H and O–H groups in total. The van der Waals surface area contributed by atoms with Gasteiger partial charge in [0, 0.05) is 19.3 Å². The van der Waals surface area contributed by atoms with Crippen molar-refractivity contribution in [3.05, 3.63) is 21.9 Å². The predicted molar refractivity (Wildman–Crippen MR) is 61.9 cm³/mol. The Bertz CT molecular complexity index is 309. The van der Waals surface area contributed by atoms with Gasteiger partial charge < -0.3 is 10.1 Å². The molecular formula is C9H12BrClN2O. The van der Waals surface area contributed by atoms with E-state index in [1.54, 1.807) is 13.3 Å². The lowest BCUT2D eigenvalue weighted by Crippen LogP contribution is -2.21. The minimum atomic E-state index is 0.219. The van der Waals surface area contributed by atoms with E-state index in [-0.39, 0.29) is 6.04 Å². The molecule has 1 aromatic heterocycles. The second-order valence-electron chi connectivity index (χ2n) is 2.99. The molecular weight excluding hydrogens is 267 g/mol. The lowest BCUT2D eigenvalue weighted by atomic mass is 10.3. The van der Waals surface area contributed by atoms with E-state index in [0.29, 0.717) is 11.6 Å². The van der Waals surface area contributed by atoms with Gasteiger partial charge in [-0.3, -0.25) is 0 Å². The van der Waals surface area contributed by atoms with Gasteiger partial charge in [0.1, 0.15) is 4.60 Å². The number of pyridine rings is 1. The van der Waals surface area contributed by atoms with Crippen molar-refractivity contribution in [1.82, 2.24) is 4.98 Å². The van der Waals surface area contributed by atoms with Crippen LogP contribution in [0.1, 0.15) is 6.92 Å². The summed E-state index contributed by atoms with van der Waals surface area (Å²) in [6.45, 7) is 2.66. The molecule has 1 aromatic rings. The smallest absolute Gasteiger partial charge is 0.129 e. The summed E-state index contributed by atoms with van der Waals surface area (Å²) in [6.07, 6.45) is 1.60. The average Bonchev–Trinajstić information content (AvgIpc) is 2.12. The molecule has 14 heavy (non-hydrogen) atoms. The molecule has 1 unspecified atom stereocenters. The number of nitrogens with one attached hydrogen (secondary N) is 1. The Labute approximate surface area is 96.9 Å². The largest absolute Gasteiger partial charge is 0.383 e. The van der Waals surface area contributed by atoms with Crippen molar-refractivity contribution in [2.24, 2.45) is 0 Å². The van der Waals surface area contributed by atoms with E-state index in [2.05, 4.69) is 26.2 Å². The third-order valence-electron chi connectivity index (χ3n) is 1.62. The maximum atomic E-state index is 5.82. The maximum absolute atomic E-state index is 5.82. The summed E-state index contributed by atoms with van der Waals surface area (Å²) >= 11 is 9.16. The maximum Gasteiger partial charge on any atom is 0.129 e. The fourth-order valence-electron chi connectivity index (χ4n) is 1.08. The van der Waals surface area contributed by atoms with Gasteiger partial charge in [0.05, 0.1) is 17.3 Å². The fraction of sp³-hybridized carbons (Fsp3) is 0.444. The van der Waals surface area contributed by atoms with Gasteiger partial charge in [-0.1, -0.05) is 11.6 Å². The van der Waals surface area contributed by atoms with E-state index < -0.39 is 0 Å². The van der Waals surface area contributed by atoms with E-state index in [0.717, 1.165) is 10.3 Å². The van der Waals surface area contributed by atoms with E-state index in [1.165, 1.54) is 0 Å². The highest BCUT2D eigenvalue weighted by Gasteiger charge is 2.05. The highest BCUT2D eigenvalue weighted by Crippen LogP contribution is 2.23. The molecule has 0 saturated heterocycles. The van der Waals surface area contributed by atoms with Gasteiger partial charge in [0.25, 0.3) is 0 Å². The first kappa shape index (κ1) is 11.8. The standard InChI is InChI=1S/C9H12BrClN2O/c1-6(5-14-2)13-8-3-7(11)4-12-9(8)10/h3-4,6,13H,5H2,1-2H3. The molecule has 1 rings (SSSR count). The number of hydrogen-bond acceptors (Lipinski definition) is 3. The van der Waals surface area contributed by atoms with Crippen molar-refractivity contribution < 1.29 is 4.74 Å². The first-order valence-corrected chi connectivity index (χ1v) is 5.37. The van der Waals surface area contributed by atoms with Crippen LogP contribution in [0.3, 0.4) is 0 Å². The van der Waals surface area contributed by atoms with E-state index in [4.69, 9.17) is 16.3 Å². The quantitative estimate of drug-likeness (QED) is 0.861. The second kappa shape index (κ2) is 5.53. The molecule has 0 aliphatic heterocycles. The minimum Gasteiger partial charge on any atom is -0.383 e. The van der Waals surface area contributed by atoms with Gasteiger partial charge in [0.2, 0.25) is 0 Å². The van der Waals surface area contributed by atoms with E-state index >= 15 is 0 Å². The Balaban J connectivity index is 2.70. The number of methoxy groups -OCH3 is 1. The summed E-state index contributed by atoms with van der Waals surface area (Å²) in [5.41, 5.74) is 0.877. The van der Waals surface area contributed by atoms with Gasteiger partial charge in [-0.2, -0.15) is 0 Å². The van der Waals surface area contributed by atoms with Crippen molar-refractivity contribution in [2.75, 3.05) is 19.0 Å². The molecule has 0 aliphatic rings. The van der Waals surface area contributed by atoms with Gasteiger partial charge >= 0.3 is 0 Å². The van der Waals surface area contributed by atoms with Gasteiger partial charge in [-0.15, -0.1) is 0 Å². The number of rotatable bonds is 4. The number of ether oxygens (including phenoxy) is 1. The van der Waals surface area contributed by atoms with Gasteiger partial charge in [0.15, 0.2) is 0 Å². The van der Waals surface area contributed by atoms with Crippen molar-refractivity contribution in [3.63, 3.8) is 0 Å². The van der Waals surface area contributed by atoms with Crippen LogP contribution in [-0.2, 0) is 4.74 Å². The van der Waals surface area contributed by atoms with Crippen LogP contribution in [0.25, 0.3) is 0 Å². The number of aromatic nitrogens is 1. The van der Waals surface area contributed by atoms with Crippen LogP contribution >= 0.6 is 27.5 Å². The molecule has 3 nitrogen and oxygen atoms in total. The van der Waals surface area contributed by atoms with Crippen LogP contribution in [-0.4, -0.2) is 24.7 Å². The van der Waals surface area contributed by atoms with Crippen LogP contribution in [0.4, 0.5) is 5.69 Å². The van der Waals surface area contributed by atoms with E-state index in [9.17, 15) is 0 Å². The first-order chi connectivity index (χ1) is 6.63. The predicted octanol–water partition coefficient (Wildman–Crippen LogP) is 2.94.